The molecule has 1 aliphatic carbocycles. The zero-order valence-corrected chi connectivity index (χ0v) is 12.7. The second kappa shape index (κ2) is 6.38. The molecule has 0 aromatic carbocycles. The van der Waals surface area contributed by atoms with Gasteiger partial charge in [-0.15, -0.1) is 0 Å². The first-order valence-electron chi connectivity index (χ1n) is 7.21. The Hall–Kier alpha value is -1.38. The Kier molecular flexibility index (Phi) is 4.79. The van der Waals surface area contributed by atoms with E-state index in [1.165, 1.54) is 11.3 Å². The van der Waals surface area contributed by atoms with Gasteiger partial charge in [-0.25, -0.2) is 0 Å². The number of nitrogens with one attached hydrogen (secondary N) is 1. The molecule has 0 unspecified atom stereocenters. The van der Waals surface area contributed by atoms with Gasteiger partial charge in [-0.3, -0.25) is 4.68 Å². The average molecular weight is 276 g/mol. The van der Waals surface area contributed by atoms with Crippen molar-refractivity contribution in [3.8, 4) is 6.07 Å². The van der Waals surface area contributed by atoms with Crippen LogP contribution in [0.3, 0.4) is 0 Å². The van der Waals surface area contributed by atoms with E-state index < -0.39 is 0 Å². The van der Waals surface area contributed by atoms with E-state index in [0.29, 0.717) is 6.42 Å². The highest BCUT2D eigenvalue weighted by Crippen LogP contribution is 2.50. The van der Waals surface area contributed by atoms with E-state index in [1.807, 2.05) is 0 Å². The van der Waals surface area contributed by atoms with E-state index in [1.54, 1.807) is 7.11 Å². The van der Waals surface area contributed by atoms with Crippen LogP contribution < -0.4 is 5.32 Å². The number of nitrogens with zero attached hydrogens (tertiary/aromatic N) is 3. The third-order valence-electron chi connectivity index (χ3n) is 4.21. The van der Waals surface area contributed by atoms with Crippen LogP contribution in [-0.2, 0) is 17.8 Å². The fourth-order valence-electron chi connectivity index (χ4n) is 2.58. The van der Waals surface area contributed by atoms with Crippen LogP contribution in [0.25, 0.3) is 0 Å². The van der Waals surface area contributed by atoms with Gasteiger partial charge in [-0.1, -0.05) is 0 Å². The minimum atomic E-state index is 0.193. The third-order valence-corrected chi connectivity index (χ3v) is 4.21. The molecule has 1 N–H and O–H groups in total. The van der Waals surface area contributed by atoms with Crippen molar-refractivity contribution in [2.45, 2.75) is 46.2 Å². The molecule has 1 fully saturated rings. The Morgan fingerprint density at radius 1 is 1.45 bits per heavy atom. The van der Waals surface area contributed by atoms with E-state index in [0.717, 1.165) is 44.8 Å². The number of aryl methyl sites for hydroxylation is 1. The number of hydrogen-bond donors (Lipinski definition) is 1. The second-order valence-electron chi connectivity index (χ2n) is 5.81. The quantitative estimate of drug-likeness (QED) is 0.737. The lowest BCUT2D eigenvalue weighted by Gasteiger charge is -2.13. The van der Waals surface area contributed by atoms with Gasteiger partial charge in [-0.2, -0.15) is 10.4 Å². The normalized spacial score (nSPS) is 16.1. The molecule has 0 saturated heterocycles. The summed E-state index contributed by atoms with van der Waals surface area (Å²) in [5.41, 5.74) is 3.77. The first-order valence-corrected chi connectivity index (χ1v) is 7.21. The SMILES string of the molecule is COCCNCc1c(C)nn(CC2(CC#N)CC2)c1C. The van der Waals surface area contributed by atoms with E-state index >= 15 is 0 Å². The topological polar surface area (TPSA) is 62.9 Å². The monoisotopic (exact) mass is 276 g/mol. The van der Waals surface area contributed by atoms with Crippen molar-refractivity contribution >= 4 is 0 Å². The summed E-state index contributed by atoms with van der Waals surface area (Å²) in [5, 5.41) is 16.9. The fourth-order valence-corrected chi connectivity index (χ4v) is 2.58. The standard InChI is InChI=1S/C15H24N4O/c1-12-14(10-17-8-9-20-3)13(2)19(18-12)11-15(4-5-15)6-7-16/h17H,4-6,8-11H2,1-3H3. The first-order chi connectivity index (χ1) is 9.62. The summed E-state index contributed by atoms with van der Waals surface area (Å²) in [6, 6.07) is 2.31. The minimum absolute atomic E-state index is 0.193. The van der Waals surface area contributed by atoms with Gasteiger partial charge in [0.15, 0.2) is 0 Å². The van der Waals surface area contributed by atoms with Crippen molar-refractivity contribution in [1.82, 2.24) is 15.1 Å². The van der Waals surface area contributed by atoms with Gasteiger partial charge in [-0.05, 0) is 26.7 Å². The molecule has 0 bridgehead atoms. The molecule has 5 nitrogen and oxygen atoms in total. The average Bonchev–Trinajstić information content (AvgIpc) is 3.11. The molecule has 1 aromatic heterocycles. The Morgan fingerprint density at radius 2 is 2.20 bits per heavy atom. The highest BCUT2D eigenvalue weighted by atomic mass is 16.5. The number of aromatic nitrogens is 2. The molecule has 1 heterocycles. The zero-order valence-electron chi connectivity index (χ0n) is 12.7. The summed E-state index contributed by atoms with van der Waals surface area (Å²) in [6.45, 7) is 7.45. The summed E-state index contributed by atoms with van der Waals surface area (Å²) in [7, 11) is 1.71. The Bertz CT molecular complexity index is 497. The lowest BCUT2D eigenvalue weighted by molar-refractivity contribution is 0.199. The lowest BCUT2D eigenvalue weighted by Crippen LogP contribution is -2.19. The van der Waals surface area contributed by atoms with Crippen molar-refractivity contribution in [3.63, 3.8) is 0 Å². The summed E-state index contributed by atoms with van der Waals surface area (Å²) < 4.78 is 7.12. The Labute approximate surface area is 120 Å². The van der Waals surface area contributed by atoms with E-state index in [-0.39, 0.29) is 5.41 Å². The molecule has 2 rings (SSSR count). The van der Waals surface area contributed by atoms with Crippen molar-refractivity contribution in [3.05, 3.63) is 17.0 Å². The van der Waals surface area contributed by atoms with Gasteiger partial charge < -0.3 is 10.1 Å². The highest BCUT2D eigenvalue weighted by Gasteiger charge is 2.43. The molecule has 1 aromatic rings. The molecular formula is C15H24N4O. The molecule has 20 heavy (non-hydrogen) atoms. The third kappa shape index (κ3) is 3.38. The molecule has 0 amide bonds. The Balaban J connectivity index is 1.99. The first kappa shape index (κ1) is 15.0. The van der Waals surface area contributed by atoms with Gasteiger partial charge >= 0.3 is 0 Å². The minimum Gasteiger partial charge on any atom is -0.383 e. The van der Waals surface area contributed by atoms with Gasteiger partial charge in [0.05, 0.1) is 18.4 Å². The smallest absolute Gasteiger partial charge is 0.0641 e. The molecule has 0 spiro atoms. The van der Waals surface area contributed by atoms with Crippen LogP contribution in [0.1, 0.15) is 36.2 Å². The van der Waals surface area contributed by atoms with Crippen molar-refractivity contribution < 1.29 is 4.74 Å². The maximum atomic E-state index is 8.91. The maximum absolute atomic E-state index is 8.91. The molecule has 110 valence electrons. The van der Waals surface area contributed by atoms with Crippen LogP contribution in [0.2, 0.25) is 0 Å². The maximum Gasteiger partial charge on any atom is 0.0641 e. The molecule has 1 saturated carbocycles. The lowest BCUT2D eigenvalue weighted by atomic mass is 10.0. The number of methoxy groups -OCH3 is 1. The number of rotatable bonds is 8. The van der Waals surface area contributed by atoms with Crippen molar-refractivity contribution in [1.29, 1.82) is 5.26 Å². The van der Waals surface area contributed by atoms with Crippen LogP contribution in [0.15, 0.2) is 0 Å². The van der Waals surface area contributed by atoms with E-state index in [2.05, 4.69) is 35.0 Å². The number of nitriles is 1. The molecule has 0 atom stereocenters. The van der Waals surface area contributed by atoms with Gasteiger partial charge in [0.25, 0.3) is 0 Å². The van der Waals surface area contributed by atoms with Gasteiger partial charge in [0.2, 0.25) is 0 Å². The van der Waals surface area contributed by atoms with Gasteiger partial charge in [0.1, 0.15) is 0 Å². The van der Waals surface area contributed by atoms with Crippen molar-refractivity contribution in [2.24, 2.45) is 5.41 Å². The second-order valence-corrected chi connectivity index (χ2v) is 5.81. The molecule has 5 heteroatoms. The molecule has 0 aliphatic heterocycles. The van der Waals surface area contributed by atoms with Crippen LogP contribution in [0.4, 0.5) is 0 Å². The summed E-state index contributed by atoms with van der Waals surface area (Å²) >= 11 is 0. The predicted octanol–water partition coefficient (Wildman–Crippen LogP) is 1.93. The largest absolute Gasteiger partial charge is 0.383 e. The van der Waals surface area contributed by atoms with Crippen LogP contribution in [-0.4, -0.2) is 30.0 Å². The summed E-state index contributed by atoms with van der Waals surface area (Å²) in [6.07, 6.45) is 2.95. The molecular weight excluding hydrogens is 252 g/mol. The fraction of sp³-hybridized carbons (Fsp3) is 0.733. The predicted molar refractivity (Wildman–Crippen MR) is 77.2 cm³/mol. The van der Waals surface area contributed by atoms with Crippen LogP contribution in [0.5, 0.6) is 0 Å². The van der Waals surface area contributed by atoms with Crippen LogP contribution >= 0.6 is 0 Å². The van der Waals surface area contributed by atoms with Gasteiger partial charge in [0, 0.05) is 49.8 Å². The van der Waals surface area contributed by atoms with Crippen molar-refractivity contribution in [2.75, 3.05) is 20.3 Å². The van der Waals surface area contributed by atoms with E-state index in [9.17, 15) is 0 Å². The van der Waals surface area contributed by atoms with Crippen LogP contribution in [0, 0.1) is 30.6 Å². The number of hydrogen-bond acceptors (Lipinski definition) is 4. The molecule has 1 aliphatic rings. The Morgan fingerprint density at radius 3 is 2.80 bits per heavy atom. The van der Waals surface area contributed by atoms with E-state index in [4.69, 9.17) is 10.00 Å². The zero-order chi connectivity index (χ0) is 14.6. The highest BCUT2D eigenvalue weighted by molar-refractivity contribution is 5.24. The number of ether oxygens (including phenoxy) is 1. The molecule has 0 radical (unpaired) electrons. The summed E-state index contributed by atoms with van der Waals surface area (Å²) in [5.74, 6) is 0. The summed E-state index contributed by atoms with van der Waals surface area (Å²) in [4.78, 5) is 0.